The zero-order chi connectivity index (χ0) is 31.4. The molecule has 2 N–H and O–H groups in total. The highest BCUT2D eigenvalue weighted by Crippen LogP contribution is 2.49. The summed E-state index contributed by atoms with van der Waals surface area (Å²) < 4.78 is 11.9. The lowest BCUT2D eigenvalue weighted by Crippen LogP contribution is -2.66. The molecular formula is C33H48O6Si2. The maximum Gasteiger partial charge on any atom is 0.163 e. The fraction of sp³-hybridized carbons (Fsp3) is 0.455. The highest BCUT2D eigenvalue weighted by Gasteiger charge is 2.55. The van der Waals surface area contributed by atoms with Crippen LogP contribution < -0.4 is 9.47 Å². The van der Waals surface area contributed by atoms with Crippen molar-refractivity contribution in [3.8, 4) is 23.0 Å². The molecule has 41 heavy (non-hydrogen) atoms. The second-order valence-corrected chi connectivity index (χ2v) is 25.4. The SMILES string of the molecule is COc1cc(/C=C/C(=O)CC(=O)/C=C/c2ccc(O)c(OC([Si](C)(C)C(C)(C)C)[Si](C)(C)C(C)(C)C)c2)ccc1O. The monoisotopic (exact) mass is 596 g/mol. The lowest BCUT2D eigenvalue weighted by atomic mass is 10.1. The number of methoxy groups -OCH3 is 1. The minimum absolute atomic E-state index is 0.00887. The Bertz CT molecular complexity index is 1280. The van der Waals surface area contributed by atoms with Crippen LogP contribution in [0.5, 0.6) is 23.0 Å². The Morgan fingerprint density at radius 1 is 0.756 bits per heavy atom. The zero-order valence-electron chi connectivity index (χ0n) is 26.6. The highest BCUT2D eigenvalue weighted by molar-refractivity contribution is 6.99. The van der Waals surface area contributed by atoms with E-state index in [0.717, 1.165) is 0 Å². The minimum Gasteiger partial charge on any atom is -0.504 e. The summed E-state index contributed by atoms with van der Waals surface area (Å²) >= 11 is 0. The van der Waals surface area contributed by atoms with Crippen molar-refractivity contribution in [2.24, 2.45) is 0 Å². The molecule has 2 rings (SSSR count). The quantitative estimate of drug-likeness (QED) is 0.154. The van der Waals surface area contributed by atoms with Gasteiger partial charge < -0.3 is 19.7 Å². The minimum atomic E-state index is -2.01. The second kappa shape index (κ2) is 12.8. The van der Waals surface area contributed by atoms with Gasteiger partial charge in [0.15, 0.2) is 34.6 Å². The van der Waals surface area contributed by atoms with Crippen LogP contribution in [0.1, 0.15) is 59.1 Å². The standard InChI is InChI=1S/C33H48O6Si2/c1-32(2,3)40(8,9)31(41(10,11)33(4,5)6)39-30-21-24(15-19-28(30)37)13-17-26(35)22-25(34)16-12-23-14-18-27(36)29(20-23)38-7/h12-21,31,36-37H,22H2,1-11H3/b16-12+,17-13+. The molecule has 6 nitrogen and oxygen atoms in total. The number of ketones is 2. The van der Waals surface area contributed by atoms with Crippen LogP contribution in [0.4, 0.5) is 0 Å². The van der Waals surface area contributed by atoms with Gasteiger partial charge in [0.05, 0.1) is 35.0 Å². The Hall–Kier alpha value is -3.11. The number of ether oxygens (including phenoxy) is 2. The van der Waals surface area contributed by atoms with Gasteiger partial charge in [0, 0.05) is 0 Å². The van der Waals surface area contributed by atoms with Crippen molar-refractivity contribution in [2.45, 2.75) is 89.6 Å². The van der Waals surface area contributed by atoms with Crippen LogP contribution in [0.2, 0.25) is 36.3 Å². The number of aromatic hydroxyl groups is 2. The van der Waals surface area contributed by atoms with E-state index in [-0.39, 0.29) is 44.9 Å². The zero-order valence-corrected chi connectivity index (χ0v) is 28.6. The molecule has 0 aromatic heterocycles. The van der Waals surface area contributed by atoms with Crippen molar-refractivity contribution in [3.63, 3.8) is 0 Å². The summed E-state index contributed by atoms with van der Waals surface area (Å²) in [4.78, 5) is 24.9. The van der Waals surface area contributed by atoms with Crippen LogP contribution in [0.15, 0.2) is 48.6 Å². The molecule has 0 amide bonds. The molecule has 2 aromatic carbocycles. The third kappa shape index (κ3) is 8.45. The Kier molecular flexibility index (Phi) is 10.7. The molecule has 0 spiro atoms. The van der Waals surface area contributed by atoms with Crippen molar-refractivity contribution >= 4 is 39.9 Å². The van der Waals surface area contributed by atoms with E-state index in [4.69, 9.17) is 9.47 Å². The van der Waals surface area contributed by atoms with Gasteiger partial charge in [-0.3, -0.25) is 9.59 Å². The first kappa shape index (κ1) is 34.1. The van der Waals surface area contributed by atoms with E-state index in [1.54, 1.807) is 42.5 Å². The summed E-state index contributed by atoms with van der Waals surface area (Å²) in [6.07, 6.45) is 5.66. The molecule has 0 saturated carbocycles. The molecule has 0 unspecified atom stereocenters. The van der Waals surface area contributed by atoms with Crippen LogP contribution >= 0.6 is 0 Å². The molecule has 0 fully saturated rings. The summed E-state index contributed by atoms with van der Waals surface area (Å²) in [6, 6.07) is 9.81. The molecule has 0 aliphatic rings. The van der Waals surface area contributed by atoms with E-state index in [2.05, 4.69) is 67.7 Å². The number of hydrogen-bond acceptors (Lipinski definition) is 6. The molecule has 0 aliphatic heterocycles. The largest absolute Gasteiger partial charge is 0.504 e. The lowest BCUT2D eigenvalue weighted by molar-refractivity contribution is -0.121. The predicted octanol–water partition coefficient (Wildman–Crippen LogP) is 8.20. The predicted molar refractivity (Wildman–Crippen MR) is 174 cm³/mol. The van der Waals surface area contributed by atoms with Gasteiger partial charge in [-0.1, -0.05) is 92.0 Å². The number of phenolic OH excluding ortho intramolecular Hbond substituents is 2. The van der Waals surface area contributed by atoms with Gasteiger partial charge in [-0.2, -0.15) is 0 Å². The number of phenols is 2. The van der Waals surface area contributed by atoms with Crippen molar-refractivity contribution in [3.05, 3.63) is 59.7 Å². The Labute approximate surface area is 248 Å². The van der Waals surface area contributed by atoms with Crippen molar-refractivity contribution in [1.82, 2.24) is 0 Å². The molecule has 0 saturated heterocycles. The van der Waals surface area contributed by atoms with Gasteiger partial charge >= 0.3 is 0 Å². The molecular weight excluding hydrogens is 549 g/mol. The summed E-state index contributed by atoms with van der Waals surface area (Å²) in [6.45, 7) is 23.2. The summed E-state index contributed by atoms with van der Waals surface area (Å²) in [7, 11) is -2.56. The van der Waals surface area contributed by atoms with Crippen LogP contribution in [-0.2, 0) is 9.59 Å². The van der Waals surface area contributed by atoms with Gasteiger partial charge in [0.2, 0.25) is 0 Å². The van der Waals surface area contributed by atoms with Crippen molar-refractivity contribution in [2.75, 3.05) is 7.11 Å². The van der Waals surface area contributed by atoms with Gasteiger partial charge in [-0.05, 0) is 57.6 Å². The van der Waals surface area contributed by atoms with Crippen LogP contribution in [0, 0.1) is 0 Å². The first-order chi connectivity index (χ1) is 18.7. The van der Waals surface area contributed by atoms with E-state index >= 15 is 0 Å². The maximum atomic E-state index is 12.5. The molecule has 0 aliphatic carbocycles. The number of rotatable bonds is 11. The Morgan fingerprint density at radius 3 is 1.54 bits per heavy atom. The van der Waals surface area contributed by atoms with E-state index in [1.807, 2.05) is 0 Å². The van der Waals surface area contributed by atoms with Crippen LogP contribution in [0.3, 0.4) is 0 Å². The van der Waals surface area contributed by atoms with Crippen molar-refractivity contribution < 1.29 is 29.3 Å². The summed E-state index contributed by atoms with van der Waals surface area (Å²) in [5.41, 5.74) is 1.37. The van der Waals surface area contributed by atoms with Crippen molar-refractivity contribution in [1.29, 1.82) is 0 Å². The molecule has 8 heteroatoms. The normalized spacial score (nSPS) is 13.3. The van der Waals surface area contributed by atoms with E-state index in [9.17, 15) is 19.8 Å². The topological polar surface area (TPSA) is 93.1 Å². The summed E-state index contributed by atoms with van der Waals surface area (Å²) in [5, 5.41) is 20.7. The molecule has 0 heterocycles. The van der Waals surface area contributed by atoms with Gasteiger partial charge in [-0.15, -0.1) is 0 Å². The van der Waals surface area contributed by atoms with Gasteiger partial charge in [-0.25, -0.2) is 0 Å². The average molecular weight is 597 g/mol. The smallest absolute Gasteiger partial charge is 0.163 e. The first-order valence-electron chi connectivity index (χ1n) is 14.0. The van der Waals surface area contributed by atoms with Crippen LogP contribution in [-0.4, -0.2) is 50.4 Å². The fourth-order valence-corrected chi connectivity index (χ4v) is 16.5. The Morgan fingerprint density at radius 2 is 1.15 bits per heavy atom. The van der Waals surface area contributed by atoms with E-state index in [0.29, 0.717) is 22.6 Å². The molecule has 0 radical (unpaired) electrons. The maximum absolute atomic E-state index is 12.5. The molecule has 0 bridgehead atoms. The number of hydrogen-bond donors (Lipinski definition) is 2. The van der Waals surface area contributed by atoms with E-state index in [1.165, 1.54) is 25.3 Å². The number of benzene rings is 2. The van der Waals surface area contributed by atoms with Crippen LogP contribution in [0.25, 0.3) is 12.2 Å². The number of carbonyl (C=O) groups is 2. The lowest BCUT2D eigenvalue weighted by Gasteiger charge is -2.53. The van der Waals surface area contributed by atoms with Gasteiger partial charge in [0.1, 0.15) is 0 Å². The summed E-state index contributed by atoms with van der Waals surface area (Å²) in [5.74, 6) is 0.127. The Balaban J connectivity index is 2.24. The van der Waals surface area contributed by atoms with Gasteiger partial charge in [0.25, 0.3) is 0 Å². The molecule has 2 aromatic rings. The second-order valence-electron chi connectivity index (χ2n) is 13.9. The average Bonchev–Trinajstić information content (AvgIpc) is 2.85. The fourth-order valence-electron chi connectivity index (χ4n) is 4.30. The third-order valence-corrected chi connectivity index (χ3v) is 23.8. The number of carbonyl (C=O) groups excluding carboxylic acids is 2. The first-order valence-corrected chi connectivity index (χ1v) is 20.1. The molecule has 224 valence electrons. The van der Waals surface area contributed by atoms with E-state index < -0.39 is 16.1 Å². The highest BCUT2D eigenvalue weighted by atomic mass is 28.4. The third-order valence-electron chi connectivity index (χ3n) is 8.88. The molecule has 0 atom stereocenters. The number of allylic oxidation sites excluding steroid dienone is 2.